The molecule has 1 aromatic carbocycles. The summed E-state index contributed by atoms with van der Waals surface area (Å²) in [7, 11) is 0. The Morgan fingerprint density at radius 1 is 1.43 bits per heavy atom. The predicted octanol–water partition coefficient (Wildman–Crippen LogP) is 2.71. The van der Waals surface area contributed by atoms with Crippen LogP contribution in [0.15, 0.2) is 18.2 Å². The molecule has 1 heterocycles. The van der Waals surface area contributed by atoms with Gasteiger partial charge in [-0.1, -0.05) is 11.6 Å². The third-order valence-electron chi connectivity index (χ3n) is 4.57. The second-order valence-electron chi connectivity index (χ2n) is 6.30. The normalized spacial score (nSPS) is 20.9. The lowest BCUT2D eigenvalue weighted by Gasteiger charge is -2.39. The lowest BCUT2D eigenvalue weighted by Crippen LogP contribution is -2.44. The van der Waals surface area contributed by atoms with E-state index >= 15 is 0 Å². The lowest BCUT2D eigenvalue weighted by molar-refractivity contribution is -0.118. The maximum Gasteiger partial charge on any atom is 0.217 e. The van der Waals surface area contributed by atoms with Gasteiger partial charge in [-0.2, -0.15) is 0 Å². The van der Waals surface area contributed by atoms with Crippen LogP contribution < -0.4 is 11.1 Å². The number of aliphatic hydroxyl groups is 1. The second kappa shape index (κ2) is 8.08. The molecule has 6 heteroatoms. The van der Waals surface area contributed by atoms with Crippen molar-refractivity contribution in [1.82, 2.24) is 5.32 Å². The Bertz CT molecular complexity index is 529. The molecular formula is C17H24ClFN2O2. The van der Waals surface area contributed by atoms with Crippen LogP contribution in [0.25, 0.3) is 0 Å². The standard InChI is InChI=1S/C17H24ClFN2O2/c18-14-8-13(9-15(19)10-14)17(23,6-2-1-5-16(20)22)12-4-3-7-21-11-12/h8-10,12,21,23H,1-7,11H2,(H2,20,22)/t12-,17+/m1/s1. The van der Waals surface area contributed by atoms with Gasteiger partial charge in [0, 0.05) is 23.9 Å². The van der Waals surface area contributed by atoms with Crippen LogP contribution in [0.1, 0.15) is 44.1 Å². The molecule has 0 radical (unpaired) electrons. The molecule has 0 bridgehead atoms. The Labute approximate surface area is 141 Å². The molecule has 0 saturated carbocycles. The first kappa shape index (κ1) is 18.2. The third-order valence-corrected chi connectivity index (χ3v) is 4.78. The molecule has 128 valence electrons. The van der Waals surface area contributed by atoms with E-state index in [0.29, 0.717) is 37.8 Å². The largest absolute Gasteiger partial charge is 0.385 e. The zero-order valence-corrected chi connectivity index (χ0v) is 13.9. The summed E-state index contributed by atoms with van der Waals surface area (Å²) in [6.45, 7) is 1.61. The van der Waals surface area contributed by atoms with Crippen LogP contribution in [0.3, 0.4) is 0 Å². The van der Waals surface area contributed by atoms with Crippen LogP contribution in [0.5, 0.6) is 0 Å². The van der Waals surface area contributed by atoms with Crippen molar-refractivity contribution < 1.29 is 14.3 Å². The molecule has 2 rings (SSSR count). The topological polar surface area (TPSA) is 75.4 Å². The Balaban J connectivity index is 2.20. The molecule has 0 spiro atoms. The molecule has 1 amide bonds. The van der Waals surface area contributed by atoms with Gasteiger partial charge in [-0.15, -0.1) is 0 Å². The predicted molar refractivity (Wildman–Crippen MR) is 88.6 cm³/mol. The van der Waals surface area contributed by atoms with Gasteiger partial charge in [0.2, 0.25) is 5.91 Å². The maximum absolute atomic E-state index is 13.7. The molecule has 1 aliphatic rings. The van der Waals surface area contributed by atoms with Gasteiger partial charge in [0.15, 0.2) is 0 Å². The summed E-state index contributed by atoms with van der Waals surface area (Å²) in [5.74, 6) is -0.809. The van der Waals surface area contributed by atoms with E-state index in [4.69, 9.17) is 17.3 Å². The fourth-order valence-corrected chi connectivity index (χ4v) is 3.56. The van der Waals surface area contributed by atoms with Gasteiger partial charge in [-0.05, 0) is 62.4 Å². The maximum atomic E-state index is 13.7. The molecule has 0 aliphatic carbocycles. The van der Waals surface area contributed by atoms with Crippen LogP contribution >= 0.6 is 11.6 Å². The van der Waals surface area contributed by atoms with Crippen molar-refractivity contribution in [2.24, 2.45) is 11.7 Å². The third kappa shape index (κ3) is 4.90. The van der Waals surface area contributed by atoms with Gasteiger partial charge >= 0.3 is 0 Å². The van der Waals surface area contributed by atoms with E-state index in [0.717, 1.165) is 19.4 Å². The first-order valence-corrected chi connectivity index (χ1v) is 8.47. The Hall–Kier alpha value is -1.17. The molecule has 1 aliphatic heterocycles. The molecular weight excluding hydrogens is 319 g/mol. The van der Waals surface area contributed by atoms with E-state index in [1.807, 2.05) is 0 Å². The molecule has 4 N–H and O–H groups in total. The van der Waals surface area contributed by atoms with Crippen LogP contribution in [-0.4, -0.2) is 24.1 Å². The number of hydrogen-bond donors (Lipinski definition) is 3. The minimum atomic E-state index is -1.16. The highest BCUT2D eigenvalue weighted by atomic mass is 35.5. The van der Waals surface area contributed by atoms with Crippen molar-refractivity contribution in [3.63, 3.8) is 0 Å². The minimum Gasteiger partial charge on any atom is -0.385 e. The van der Waals surface area contributed by atoms with Gasteiger partial charge in [0.05, 0.1) is 5.60 Å². The van der Waals surface area contributed by atoms with Crippen molar-refractivity contribution in [1.29, 1.82) is 0 Å². The smallest absolute Gasteiger partial charge is 0.217 e. The van der Waals surface area contributed by atoms with Gasteiger partial charge in [0.1, 0.15) is 5.82 Å². The lowest BCUT2D eigenvalue weighted by atomic mass is 9.74. The van der Waals surface area contributed by atoms with Gasteiger partial charge < -0.3 is 16.2 Å². The number of unbranched alkanes of at least 4 members (excludes halogenated alkanes) is 1. The van der Waals surface area contributed by atoms with E-state index in [1.54, 1.807) is 6.07 Å². The van der Waals surface area contributed by atoms with E-state index < -0.39 is 11.4 Å². The molecule has 4 nitrogen and oxygen atoms in total. The molecule has 23 heavy (non-hydrogen) atoms. The van der Waals surface area contributed by atoms with Crippen LogP contribution in [0, 0.1) is 11.7 Å². The Morgan fingerprint density at radius 2 is 2.22 bits per heavy atom. The number of carbonyl (C=O) groups is 1. The van der Waals surface area contributed by atoms with Gasteiger partial charge in [-0.3, -0.25) is 4.79 Å². The highest BCUT2D eigenvalue weighted by Crippen LogP contribution is 2.39. The van der Waals surface area contributed by atoms with Crippen LogP contribution in [0.2, 0.25) is 5.02 Å². The molecule has 0 unspecified atom stereocenters. The monoisotopic (exact) mass is 342 g/mol. The van der Waals surface area contributed by atoms with E-state index in [2.05, 4.69) is 5.32 Å². The number of nitrogens with one attached hydrogen (secondary N) is 1. The number of nitrogens with two attached hydrogens (primary N) is 1. The summed E-state index contributed by atoms with van der Waals surface area (Å²) in [5.41, 5.74) is 4.51. The Morgan fingerprint density at radius 3 is 2.83 bits per heavy atom. The highest BCUT2D eigenvalue weighted by Gasteiger charge is 2.39. The molecule has 2 atom stereocenters. The van der Waals surface area contributed by atoms with Crippen molar-refractivity contribution in [3.05, 3.63) is 34.6 Å². The van der Waals surface area contributed by atoms with Crippen molar-refractivity contribution in [2.45, 2.75) is 44.1 Å². The summed E-state index contributed by atoms with van der Waals surface area (Å²) >= 11 is 5.97. The highest BCUT2D eigenvalue weighted by molar-refractivity contribution is 6.30. The fraction of sp³-hybridized carbons (Fsp3) is 0.588. The quantitative estimate of drug-likeness (QED) is 0.667. The first-order chi connectivity index (χ1) is 10.9. The average Bonchev–Trinajstić information content (AvgIpc) is 2.51. The van der Waals surface area contributed by atoms with E-state index in [-0.39, 0.29) is 16.8 Å². The zero-order valence-electron chi connectivity index (χ0n) is 13.2. The number of primary amides is 1. The summed E-state index contributed by atoms with van der Waals surface area (Å²) in [6.07, 6.45) is 3.84. The van der Waals surface area contributed by atoms with Crippen molar-refractivity contribution in [2.75, 3.05) is 13.1 Å². The fourth-order valence-electron chi connectivity index (χ4n) is 3.34. The second-order valence-corrected chi connectivity index (χ2v) is 6.74. The number of hydrogen-bond acceptors (Lipinski definition) is 3. The first-order valence-electron chi connectivity index (χ1n) is 8.10. The number of piperidine rings is 1. The van der Waals surface area contributed by atoms with Gasteiger partial charge in [-0.25, -0.2) is 4.39 Å². The summed E-state index contributed by atoms with van der Waals surface area (Å²) in [4.78, 5) is 10.9. The van der Waals surface area contributed by atoms with Crippen molar-refractivity contribution in [3.8, 4) is 0 Å². The average molecular weight is 343 g/mol. The number of amides is 1. The summed E-state index contributed by atoms with van der Waals surface area (Å²) < 4.78 is 13.7. The van der Waals surface area contributed by atoms with E-state index in [9.17, 15) is 14.3 Å². The van der Waals surface area contributed by atoms with Crippen molar-refractivity contribution >= 4 is 17.5 Å². The number of benzene rings is 1. The Kier molecular flexibility index (Phi) is 6.39. The zero-order chi connectivity index (χ0) is 16.9. The number of halogens is 2. The van der Waals surface area contributed by atoms with Crippen LogP contribution in [0.4, 0.5) is 4.39 Å². The number of carbonyl (C=O) groups excluding carboxylic acids is 1. The van der Waals surface area contributed by atoms with Crippen LogP contribution in [-0.2, 0) is 10.4 Å². The summed E-state index contributed by atoms with van der Waals surface area (Å²) in [5, 5.41) is 14.9. The SMILES string of the molecule is NC(=O)CCCC[C@@](O)(c1cc(F)cc(Cl)c1)[C@@H]1CCCNC1. The van der Waals surface area contributed by atoms with E-state index in [1.165, 1.54) is 12.1 Å². The summed E-state index contributed by atoms with van der Waals surface area (Å²) in [6, 6.07) is 4.22. The molecule has 1 aromatic rings. The molecule has 1 saturated heterocycles. The molecule has 0 aromatic heterocycles. The number of rotatable bonds is 7. The minimum absolute atomic E-state index is 0.0114. The molecule has 1 fully saturated rings. The van der Waals surface area contributed by atoms with Gasteiger partial charge in [0.25, 0.3) is 0 Å².